The number of carbonyl (C=O) groups is 2. The van der Waals surface area contributed by atoms with E-state index in [1.165, 1.54) is 0 Å². The van der Waals surface area contributed by atoms with E-state index in [1.54, 1.807) is 24.3 Å². The zero-order valence-electron chi connectivity index (χ0n) is 13.0. The van der Waals surface area contributed by atoms with Gasteiger partial charge in [-0.25, -0.2) is 0 Å². The first-order valence-corrected chi connectivity index (χ1v) is 8.08. The number of nitrogens with zero attached hydrogens (tertiary/aromatic N) is 2. The minimum atomic E-state index is -0.903. The predicted molar refractivity (Wildman–Crippen MR) is 87.6 cm³/mol. The zero-order chi connectivity index (χ0) is 17.4. The largest absolute Gasteiger partial charge is 0.494 e. The molecule has 0 radical (unpaired) electrons. The molecule has 1 heterocycles. The van der Waals surface area contributed by atoms with E-state index in [0.717, 1.165) is 17.1 Å². The standard InChI is InChI=1S/C15H17N3O5S/c1-2-22-10-3-5-11(6-4-10)23-9-12(19)16-15-18-17-13(24-15)7-8-14(20)21/h3-6H,2,7-9H2,1H3,(H,20,21)(H,16,18,19). The van der Waals surface area contributed by atoms with Crippen LogP contribution in [0.2, 0.25) is 0 Å². The smallest absolute Gasteiger partial charge is 0.303 e. The Morgan fingerprint density at radius 3 is 2.46 bits per heavy atom. The summed E-state index contributed by atoms with van der Waals surface area (Å²) in [5.74, 6) is 0.00873. The van der Waals surface area contributed by atoms with Gasteiger partial charge >= 0.3 is 5.97 Å². The highest BCUT2D eigenvalue weighted by molar-refractivity contribution is 7.15. The summed E-state index contributed by atoms with van der Waals surface area (Å²) in [6, 6.07) is 6.95. The van der Waals surface area contributed by atoms with E-state index in [4.69, 9.17) is 14.6 Å². The lowest BCUT2D eigenvalue weighted by atomic mass is 10.3. The van der Waals surface area contributed by atoms with Gasteiger partial charge in [0.1, 0.15) is 16.5 Å². The Labute approximate surface area is 142 Å². The highest BCUT2D eigenvalue weighted by atomic mass is 32.1. The van der Waals surface area contributed by atoms with Crippen molar-refractivity contribution in [3.8, 4) is 11.5 Å². The number of rotatable bonds is 9. The second kappa shape index (κ2) is 8.82. The minimum Gasteiger partial charge on any atom is -0.494 e. The maximum atomic E-state index is 11.8. The van der Waals surface area contributed by atoms with E-state index >= 15 is 0 Å². The zero-order valence-corrected chi connectivity index (χ0v) is 13.8. The summed E-state index contributed by atoms with van der Waals surface area (Å²) in [4.78, 5) is 22.3. The van der Waals surface area contributed by atoms with Crippen LogP contribution in [-0.2, 0) is 16.0 Å². The van der Waals surface area contributed by atoms with Gasteiger partial charge in [0.15, 0.2) is 6.61 Å². The number of hydrogen-bond acceptors (Lipinski definition) is 7. The van der Waals surface area contributed by atoms with E-state index in [1.807, 2.05) is 6.92 Å². The quantitative estimate of drug-likeness (QED) is 0.710. The predicted octanol–water partition coefficient (Wildman–Crippen LogP) is 1.97. The van der Waals surface area contributed by atoms with Gasteiger partial charge in [-0.15, -0.1) is 10.2 Å². The fourth-order valence-electron chi connectivity index (χ4n) is 1.72. The van der Waals surface area contributed by atoms with Gasteiger partial charge < -0.3 is 14.6 Å². The monoisotopic (exact) mass is 351 g/mol. The molecule has 0 unspecified atom stereocenters. The summed E-state index contributed by atoms with van der Waals surface area (Å²) in [5, 5.41) is 19.7. The highest BCUT2D eigenvalue weighted by Gasteiger charge is 2.10. The molecule has 2 aromatic rings. The van der Waals surface area contributed by atoms with Gasteiger partial charge in [0.25, 0.3) is 5.91 Å². The van der Waals surface area contributed by atoms with Crippen LogP contribution >= 0.6 is 11.3 Å². The molecule has 2 rings (SSSR count). The van der Waals surface area contributed by atoms with Gasteiger partial charge in [0, 0.05) is 6.42 Å². The molecule has 0 aliphatic heterocycles. The van der Waals surface area contributed by atoms with Gasteiger partial charge in [0.2, 0.25) is 5.13 Å². The maximum absolute atomic E-state index is 11.8. The van der Waals surface area contributed by atoms with Gasteiger partial charge in [-0.1, -0.05) is 11.3 Å². The molecule has 0 spiro atoms. The molecule has 8 nitrogen and oxygen atoms in total. The van der Waals surface area contributed by atoms with E-state index in [0.29, 0.717) is 22.5 Å². The summed E-state index contributed by atoms with van der Waals surface area (Å²) in [6.45, 7) is 2.31. The summed E-state index contributed by atoms with van der Waals surface area (Å²) >= 11 is 1.14. The number of carboxylic acid groups (broad SMARTS) is 1. The molecule has 9 heteroatoms. The molecule has 0 saturated carbocycles. The van der Waals surface area contributed by atoms with Crippen molar-refractivity contribution in [3.05, 3.63) is 29.3 Å². The van der Waals surface area contributed by atoms with Crippen LogP contribution in [0.1, 0.15) is 18.4 Å². The molecule has 0 bridgehead atoms. The number of hydrogen-bond donors (Lipinski definition) is 2. The Morgan fingerprint density at radius 2 is 1.83 bits per heavy atom. The van der Waals surface area contributed by atoms with Crippen molar-refractivity contribution in [3.63, 3.8) is 0 Å². The van der Waals surface area contributed by atoms with Crippen LogP contribution < -0.4 is 14.8 Å². The maximum Gasteiger partial charge on any atom is 0.303 e. The van der Waals surface area contributed by atoms with Crippen LogP contribution in [0.4, 0.5) is 5.13 Å². The Balaban J connectivity index is 1.77. The molecule has 128 valence electrons. The Bertz CT molecular complexity index is 687. The van der Waals surface area contributed by atoms with Gasteiger partial charge in [-0.05, 0) is 31.2 Å². The summed E-state index contributed by atoms with van der Waals surface area (Å²) < 4.78 is 10.7. The molecule has 1 amide bonds. The molecule has 24 heavy (non-hydrogen) atoms. The summed E-state index contributed by atoms with van der Waals surface area (Å²) in [5.41, 5.74) is 0. The number of aromatic nitrogens is 2. The van der Waals surface area contributed by atoms with Crippen molar-refractivity contribution in [1.82, 2.24) is 10.2 Å². The fraction of sp³-hybridized carbons (Fsp3) is 0.333. The Hall–Kier alpha value is -2.68. The first-order chi connectivity index (χ1) is 11.6. The van der Waals surface area contributed by atoms with Crippen LogP contribution in [-0.4, -0.2) is 40.4 Å². The third kappa shape index (κ3) is 5.84. The van der Waals surface area contributed by atoms with Crippen LogP contribution in [0.15, 0.2) is 24.3 Å². The molecule has 2 N–H and O–H groups in total. The average Bonchev–Trinajstić information content (AvgIpc) is 3.00. The van der Waals surface area contributed by atoms with E-state index in [9.17, 15) is 9.59 Å². The van der Waals surface area contributed by atoms with Crippen LogP contribution in [0.25, 0.3) is 0 Å². The first kappa shape index (κ1) is 17.7. The summed E-state index contributed by atoms with van der Waals surface area (Å²) in [6.07, 6.45) is 0.259. The average molecular weight is 351 g/mol. The molecular formula is C15H17N3O5S. The number of anilines is 1. The van der Waals surface area contributed by atoms with Crippen molar-refractivity contribution in [2.75, 3.05) is 18.5 Å². The lowest BCUT2D eigenvalue weighted by molar-refractivity contribution is -0.137. The summed E-state index contributed by atoms with van der Waals surface area (Å²) in [7, 11) is 0. The number of carbonyl (C=O) groups excluding carboxylic acids is 1. The van der Waals surface area contributed by atoms with Crippen LogP contribution in [0.3, 0.4) is 0 Å². The highest BCUT2D eigenvalue weighted by Crippen LogP contribution is 2.18. The Kier molecular flexibility index (Phi) is 6.50. The molecular weight excluding hydrogens is 334 g/mol. The van der Waals surface area contributed by atoms with Gasteiger partial charge in [-0.2, -0.15) is 0 Å². The first-order valence-electron chi connectivity index (χ1n) is 7.26. The van der Waals surface area contributed by atoms with Crippen LogP contribution in [0.5, 0.6) is 11.5 Å². The molecule has 0 saturated heterocycles. The molecule has 0 aliphatic rings. The molecule has 1 aromatic heterocycles. The van der Waals surface area contributed by atoms with E-state index < -0.39 is 5.97 Å². The normalized spacial score (nSPS) is 10.2. The van der Waals surface area contributed by atoms with Crippen molar-refractivity contribution >= 4 is 28.3 Å². The van der Waals surface area contributed by atoms with Crippen molar-refractivity contribution in [2.45, 2.75) is 19.8 Å². The Morgan fingerprint density at radius 1 is 1.17 bits per heavy atom. The molecule has 0 fully saturated rings. The lowest BCUT2D eigenvalue weighted by Gasteiger charge is -2.07. The molecule has 0 aliphatic carbocycles. The second-order valence-electron chi connectivity index (χ2n) is 4.64. The number of nitrogens with one attached hydrogen (secondary N) is 1. The van der Waals surface area contributed by atoms with Crippen molar-refractivity contribution < 1.29 is 24.2 Å². The topological polar surface area (TPSA) is 111 Å². The third-order valence-electron chi connectivity index (χ3n) is 2.77. The third-order valence-corrected chi connectivity index (χ3v) is 3.67. The van der Waals surface area contributed by atoms with Crippen molar-refractivity contribution in [1.29, 1.82) is 0 Å². The number of aliphatic carboxylic acids is 1. The number of aryl methyl sites for hydroxylation is 1. The molecule has 1 aromatic carbocycles. The second-order valence-corrected chi connectivity index (χ2v) is 5.70. The van der Waals surface area contributed by atoms with E-state index in [2.05, 4.69) is 15.5 Å². The van der Waals surface area contributed by atoms with Gasteiger partial charge in [-0.3, -0.25) is 14.9 Å². The fourth-order valence-corrected chi connectivity index (χ4v) is 2.48. The van der Waals surface area contributed by atoms with Crippen molar-refractivity contribution in [2.24, 2.45) is 0 Å². The number of amides is 1. The SMILES string of the molecule is CCOc1ccc(OCC(=O)Nc2nnc(CCC(=O)O)s2)cc1. The number of carboxylic acids is 1. The van der Waals surface area contributed by atoms with Gasteiger partial charge in [0.05, 0.1) is 13.0 Å². The minimum absolute atomic E-state index is 0.0244. The van der Waals surface area contributed by atoms with Crippen LogP contribution in [0, 0.1) is 0 Å². The molecule has 0 atom stereocenters. The number of ether oxygens (including phenoxy) is 2. The number of benzene rings is 1. The van der Waals surface area contributed by atoms with E-state index in [-0.39, 0.29) is 25.4 Å². The lowest BCUT2D eigenvalue weighted by Crippen LogP contribution is -2.20.